The van der Waals surface area contributed by atoms with Crippen molar-refractivity contribution in [3.63, 3.8) is 0 Å². The van der Waals surface area contributed by atoms with Crippen molar-refractivity contribution in [3.05, 3.63) is 0 Å². The SMILES string of the molecule is COC(=O)CCCN=NCCCC(=O)OC. The van der Waals surface area contributed by atoms with Gasteiger partial charge in [-0.25, -0.2) is 0 Å². The number of carbonyl (C=O) groups is 2. The fraction of sp³-hybridized carbons (Fsp3) is 0.800. The van der Waals surface area contributed by atoms with Gasteiger partial charge in [0.25, 0.3) is 0 Å². The number of carbonyl (C=O) groups excluding carboxylic acids is 2. The smallest absolute Gasteiger partial charge is 0.305 e. The molecule has 0 aliphatic heterocycles. The summed E-state index contributed by atoms with van der Waals surface area (Å²) in [5.41, 5.74) is 0. The molecule has 0 saturated heterocycles. The molecule has 0 aliphatic rings. The fourth-order valence-electron chi connectivity index (χ4n) is 0.934. The van der Waals surface area contributed by atoms with E-state index in [1.165, 1.54) is 14.2 Å². The number of hydrogen-bond donors (Lipinski definition) is 0. The van der Waals surface area contributed by atoms with E-state index in [4.69, 9.17) is 0 Å². The summed E-state index contributed by atoms with van der Waals surface area (Å²) in [5.74, 6) is -0.471. The van der Waals surface area contributed by atoms with Crippen molar-refractivity contribution in [1.29, 1.82) is 0 Å². The summed E-state index contributed by atoms with van der Waals surface area (Å²) in [7, 11) is 2.72. The lowest BCUT2D eigenvalue weighted by molar-refractivity contribution is -0.141. The molecule has 0 fully saturated rings. The van der Waals surface area contributed by atoms with E-state index in [2.05, 4.69) is 19.7 Å². The lowest BCUT2D eigenvalue weighted by atomic mass is 10.3. The van der Waals surface area contributed by atoms with Crippen LogP contribution in [-0.4, -0.2) is 39.2 Å². The molecule has 0 aromatic carbocycles. The molecule has 92 valence electrons. The lowest BCUT2D eigenvalue weighted by Gasteiger charge is -1.96. The van der Waals surface area contributed by atoms with E-state index in [9.17, 15) is 9.59 Å². The fourth-order valence-corrected chi connectivity index (χ4v) is 0.934. The van der Waals surface area contributed by atoms with Crippen molar-refractivity contribution < 1.29 is 19.1 Å². The maximum Gasteiger partial charge on any atom is 0.305 e. The Morgan fingerprint density at radius 3 is 1.56 bits per heavy atom. The zero-order valence-electron chi connectivity index (χ0n) is 9.77. The van der Waals surface area contributed by atoms with E-state index in [1.54, 1.807) is 0 Å². The molecular weight excluding hydrogens is 212 g/mol. The van der Waals surface area contributed by atoms with E-state index in [0.29, 0.717) is 38.8 Å². The first kappa shape index (κ1) is 14.5. The Hall–Kier alpha value is -1.46. The van der Waals surface area contributed by atoms with Gasteiger partial charge in [0.1, 0.15) is 0 Å². The maximum atomic E-state index is 10.7. The quantitative estimate of drug-likeness (QED) is 0.358. The van der Waals surface area contributed by atoms with Crippen LogP contribution in [0.4, 0.5) is 0 Å². The van der Waals surface area contributed by atoms with Gasteiger partial charge in [-0.2, -0.15) is 10.2 Å². The van der Waals surface area contributed by atoms with Crippen molar-refractivity contribution in [2.75, 3.05) is 27.3 Å². The van der Waals surface area contributed by atoms with Gasteiger partial charge in [-0.05, 0) is 12.8 Å². The minimum atomic E-state index is -0.235. The van der Waals surface area contributed by atoms with Crippen LogP contribution in [0.5, 0.6) is 0 Å². The Labute approximate surface area is 95.0 Å². The molecule has 0 aromatic heterocycles. The highest BCUT2D eigenvalue weighted by Gasteiger charge is 1.99. The molecular formula is C10H18N2O4. The Bertz CT molecular complexity index is 217. The number of azo groups is 1. The minimum Gasteiger partial charge on any atom is -0.469 e. The third kappa shape index (κ3) is 9.11. The largest absolute Gasteiger partial charge is 0.469 e. The Balaban J connectivity index is 3.28. The Morgan fingerprint density at radius 1 is 0.875 bits per heavy atom. The molecule has 0 bridgehead atoms. The van der Waals surface area contributed by atoms with Crippen LogP contribution in [-0.2, 0) is 19.1 Å². The molecule has 0 heterocycles. The molecule has 0 saturated carbocycles. The van der Waals surface area contributed by atoms with Gasteiger partial charge < -0.3 is 9.47 Å². The van der Waals surface area contributed by atoms with Crippen molar-refractivity contribution in [2.45, 2.75) is 25.7 Å². The van der Waals surface area contributed by atoms with Gasteiger partial charge in [0.05, 0.1) is 27.3 Å². The third-order valence-electron chi connectivity index (χ3n) is 1.83. The molecule has 0 atom stereocenters. The number of rotatable bonds is 8. The van der Waals surface area contributed by atoms with Crippen LogP contribution in [0.1, 0.15) is 25.7 Å². The van der Waals surface area contributed by atoms with Gasteiger partial charge in [0.2, 0.25) is 0 Å². The summed E-state index contributed by atoms with van der Waals surface area (Å²) < 4.78 is 8.94. The van der Waals surface area contributed by atoms with Gasteiger partial charge >= 0.3 is 11.9 Å². The molecule has 0 aromatic rings. The van der Waals surface area contributed by atoms with Crippen molar-refractivity contribution in [3.8, 4) is 0 Å². The number of ether oxygens (including phenoxy) is 2. The molecule has 0 N–H and O–H groups in total. The van der Waals surface area contributed by atoms with Crippen LogP contribution in [0, 0.1) is 0 Å². The van der Waals surface area contributed by atoms with Crippen LogP contribution in [0.25, 0.3) is 0 Å². The zero-order valence-corrected chi connectivity index (χ0v) is 9.77. The lowest BCUT2D eigenvalue weighted by Crippen LogP contribution is -2.01. The van der Waals surface area contributed by atoms with Gasteiger partial charge in [-0.1, -0.05) is 0 Å². The molecule has 16 heavy (non-hydrogen) atoms. The van der Waals surface area contributed by atoms with Crippen LogP contribution >= 0.6 is 0 Å². The first-order valence-corrected chi connectivity index (χ1v) is 5.17. The first-order valence-electron chi connectivity index (χ1n) is 5.17. The summed E-state index contributed by atoms with van der Waals surface area (Å²) in [6, 6.07) is 0. The summed E-state index contributed by atoms with van der Waals surface area (Å²) in [6.45, 7) is 1.01. The summed E-state index contributed by atoms with van der Waals surface area (Å²) >= 11 is 0. The standard InChI is InChI=1S/C10H18N2O4/c1-15-9(13)5-3-7-11-12-8-4-6-10(14)16-2/h3-8H2,1-2H3. The van der Waals surface area contributed by atoms with Crippen molar-refractivity contribution in [1.82, 2.24) is 0 Å². The molecule has 6 nitrogen and oxygen atoms in total. The average molecular weight is 230 g/mol. The number of nitrogens with zero attached hydrogens (tertiary/aromatic N) is 2. The Kier molecular flexibility index (Phi) is 9.15. The van der Waals surface area contributed by atoms with Crippen LogP contribution in [0.3, 0.4) is 0 Å². The second-order valence-corrected chi connectivity index (χ2v) is 3.09. The molecule has 0 amide bonds. The molecule has 0 aliphatic carbocycles. The van der Waals surface area contributed by atoms with E-state index < -0.39 is 0 Å². The zero-order chi connectivity index (χ0) is 12.2. The summed E-state index contributed by atoms with van der Waals surface area (Å²) in [6.07, 6.45) is 1.98. The predicted octanol–water partition coefficient (Wildman–Crippen LogP) is 1.34. The van der Waals surface area contributed by atoms with Gasteiger partial charge in [-0.3, -0.25) is 9.59 Å². The molecule has 0 rings (SSSR count). The van der Waals surface area contributed by atoms with E-state index in [-0.39, 0.29) is 11.9 Å². The number of esters is 2. The van der Waals surface area contributed by atoms with Crippen LogP contribution in [0.15, 0.2) is 10.2 Å². The van der Waals surface area contributed by atoms with E-state index in [1.807, 2.05) is 0 Å². The van der Waals surface area contributed by atoms with Crippen LogP contribution in [0.2, 0.25) is 0 Å². The topological polar surface area (TPSA) is 77.3 Å². The van der Waals surface area contributed by atoms with Crippen molar-refractivity contribution >= 4 is 11.9 Å². The predicted molar refractivity (Wildman–Crippen MR) is 57.1 cm³/mol. The molecule has 0 radical (unpaired) electrons. The first-order chi connectivity index (χ1) is 7.70. The third-order valence-corrected chi connectivity index (χ3v) is 1.83. The maximum absolute atomic E-state index is 10.7. The van der Waals surface area contributed by atoms with Gasteiger partial charge in [0, 0.05) is 12.8 Å². The van der Waals surface area contributed by atoms with Gasteiger partial charge in [0.15, 0.2) is 0 Å². The monoisotopic (exact) mass is 230 g/mol. The van der Waals surface area contributed by atoms with Crippen LogP contribution < -0.4 is 0 Å². The average Bonchev–Trinajstić information content (AvgIpc) is 2.31. The van der Waals surface area contributed by atoms with E-state index >= 15 is 0 Å². The molecule has 6 heteroatoms. The van der Waals surface area contributed by atoms with E-state index in [0.717, 1.165) is 0 Å². The number of hydrogen-bond acceptors (Lipinski definition) is 6. The van der Waals surface area contributed by atoms with Gasteiger partial charge in [-0.15, -0.1) is 0 Å². The minimum absolute atomic E-state index is 0.235. The highest BCUT2D eigenvalue weighted by Crippen LogP contribution is 1.95. The highest BCUT2D eigenvalue weighted by atomic mass is 16.5. The Morgan fingerprint density at radius 2 is 1.25 bits per heavy atom. The highest BCUT2D eigenvalue weighted by molar-refractivity contribution is 5.69. The number of methoxy groups -OCH3 is 2. The van der Waals surface area contributed by atoms with Crippen molar-refractivity contribution in [2.24, 2.45) is 10.2 Å². The molecule has 0 spiro atoms. The molecule has 0 unspecified atom stereocenters. The summed E-state index contributed by atoms with van der Waals surface area (Å²) in [5, 5.41) is 7.73. The second kappa shape index (κ2) is 10.1. The normalized spacial score (nSPS) is 10.4. The summed E-state index contributed by atoms with van der Waals surface area (Å²) in [4.78, 5) is 21.4. The second-order valence-electron chi connectivity index (χ2n) is 3.09.